The van der Waals surface area contributed by atoms with E-state index < -0.39 is 0 Å². The van der Waals surface area contributed by atoms with Gasteiger partial charge in [0.25, 0.3) is 0 Å². The van der Waals surface area contributed by atoms with Gasteiger partial charge in [0.1, 0.15) is 0 Å². The fourth-order valence-corrected chi connectivity index (χ4v) is 2.00. The van der Waals surface area contributed by atoms with Crippen LogP contribution in [0.1, 0.15) is 13.8 Å². The Kier molecular flexibility index (Phi) is 5.05. The number of amides is 1. The van der Waals surface area contributed by atoms with E-state index in [1.807, 2.05) is 11.8 Å². The van der Waals surface area contributed by atoms with Gasteiger partial charge in [0.15, 0.2) is 0 Å². The van der Waals surface area contributed by atoms with Crippen LogP contribution in [0.5, 0.6) is 0 Å². The Labute approximate surface area is 92.0 Å². The summed E-state index contributed by atoms with van der Waals surface area (Å²) in [6, 6.07) is 0. The predicted molar refractivity (Wildman–Crippen MR) is 59.7 cm³/mol. The highest BCUT2D eigenvalue weighted by Crippen LogP contribution is 2.18. The molecule has 1 heterocycles. The van der Waals surface area contributed by atoms with E-state index in [-0.39, 0.29) is 11.8 Å². The van der Waals surface area contributed by atoms with E-state index in [2.05, 4.69) is 12.2 Å². The molecular formula is C11H22N2O2. The van der Waals surface area contributed by atoms with Gasteiger partial charge >= 0.3 is 0 Å². The van der Waals surface area contributed by atoms with E-state index in [0.717, 1.165) is 19.6 Å². The first kappa shape index (κ1) is 12.5. The van der Waals surface area contributed by atoms with Crippen molar-refractivity contribution in [3.63, 3.8) is 0 Å². The van der Waals surface area contributed by atoms with Crippen LogP contribution >= 0.6 is 0 Å². The Morgan fingerprint density at radius 2 is 2.27 bits per heavy atom. The number of carbonyl (C=O) groups excluding carboxylic acids is 1. The van der Waals surface area contributed by atoms with E-state index >= 15 is 0 Å². The lowest BCUT2D eigenvalue weighted by Gasteiger charge is -2.25. The average Bonchev–Trinajstić information content (AvgIpc) is 2.65. The Balaban J connectivity index is 2.48. The lowest BCUT2D eigenvalue weighted by atomic mass is 9.96. The minimum absolute atomic E-state index is 0.154. The average molecular weight is 214 g/mol. The fraction of sp³-hybridized carbons (Fsp3) is 0.909. The van der Waals surface area contributed by atoms with Gasteiger partial charge in [-0.1, -0.05) is 6.92 Å². The molecule has 0 aliphatic carbocycles. The van der Waals surface area contributed by atoms with Gasteiger partial charge in [0.05, 0.1) is 12.5 Å². The second-order valence-electron chi connectivity index (χ2n) is 4.15. The van der Waals surface area contributed by atoms with Gasteiger partial charge in [-0.3, -0.25) is 4.79 Å². The third kappa shape index (κ3) is 3.18. The molecule has 1 fully saturated rings. The van der Waals surface area contributed by atoms with Crippen LogP contribution < -0.4 is 5.32 Å². The SMILES string of the molecule is CCN(CCOC)C(=O)C1CNCC1C. The first-order chi connectivity index (χ1) is 7.20. The van der Waals surface area contributed by atoms with Crippen LogP contribution in [-0.4, -0.2) is 50.7 Å². The minimum atomic E-state index is 0.154. The van der Waals surface area contributed by atoms with Crippen LogP contribution in [-0.2, 0) is 9.53 Å². The van der Waals surface area contributed by atoms with Crippen molar-refractivity contribution >= 4 is 5.91 Å². The zero-order chi connectivity index (χ0) is 11.3. The summed E-state index contributed by atoms with van der Waals surface area (Å²) in [5.74, 6) is 0.878. The maximum absolute atomic E-state index is 12.1. The second kappa shape index (κ2) is 6.08. The molecular weight excluding hydrogens is 192 g/mol. The van der Waals surface area contributed by atoms with Gasteiger partial charge in [-0.05, 0) is 19.4 Å². The molecule has 0 bridgehead atoms. The number of ether oxygens (including phenoxy) is 1. The zero-order valence-corrected chi connectivity index (χ0v) is 9.95. The van der Waals surface area contributed by atoms with Crippen LogP contribution in [0.2, 0.25) is 0 Å². The molecule has 0 saturated carbocycles. The molecule has 0 spiro atoms. The highest BCUT2D eigenvalue weighted by molar-refractivity contribution is 5.79. The fourth-order valence-electron chi connectivity index (χ4n) is 2.00. The largest absolute Gasteiger partial charge is 0.383 e. The number of rotatable bonds is 5. The number of carbonyl (C=O) groups is 1. The third-order valence-corrected chi connectivity index (χ3v) is 3.09. The third-order valence-electron chi connectivity index (χ3n) is 3.09. The number of hydrogen-bond acceptors (Lipinski definition) is 3. The quantitative estimate of drug-likeness (QED) is 0.717. The summed E-state index contributed by atoms with van der Waals surface area (Å²) >= 11 is 0. The van der Waals surface area contributed by atoms with Crippen molar-refractivity contribution in [1.29, 1.82) is 0 Å². The molecule has 0 aromatic rings. The number of likely N-dealkylation sites (N-methyl/N-ethyl adjacent to an activating group) is 1. The number of nitrogens with zero attached hydrogens (tertiary/aromatic N) is 1. The van der Waals surface area contributed by atoms with Crippen molar-refractivity contribution < 1.29 is 9.53 Å². The van der Waals surface area contributed by atoms with Gasteiger partial charge in [-0.15, -0.1) is 0 Å². The normalized spacial score (nSPS) is 25.5. The second-order valence-corrected chi connectivity index (χ2v) is 4.15. The molecule has 2 unspecified atom stereocenters. The van der Waals surface area contributed by atoms with Crippen LogP contribution in [0.3, 0.4) is 0 Å². The highest BCUT2D eigenvalue weighted by atomic mass is 16.5. The van der Waals surface area contributed by atoms with Gasteiger partial charge < -0.3 is 15.0 Å². The minimum Gasteiger partial charge on any atom is -0.383 e. The summed E-state index contributed by atoms with van der Waals surface area (Å²) in [6.45, 7) is 8.02. The summed E-state index contributed by atoms with van der Waals surface area (Å²) in [7, 11) is 1.66. The van der Waals surface area contributed by atoms with E-state index in [1.165, 1.54) is 0 Å². The summed E-state index contributed by atoms with van der Waals surface area (Å²) in [4.78, 5) is 14.0. The molecule has 1 aliphatic heterocycles. The smallest absolute Gasteiger partial charge is 0.227 e. The maximum atomic E-state index is 12.1. The Morgan fingerprint density at radius 3 is 2.73 bits per heavy atom. The van der Waals surface area contributed by atoms with E-state index in [0.29, 0.717) is 19.1 Å². The molecule has 2 atom stereocenters. The summed E-state index contributed by atoms with van der Waals surface area (Å²) in [5, 5.41) is 3.26. The predicted octanol–water partition coefficient (Wildman–Crippen LogP) is 0.337. The molecule has 4 heteroatoms. The molecule has 15 heavy (non-hydrogen) atoms. The molecule has 4 nitrogen and oxygen atoms in total. The van der Waals surface area contributed by atoms with E-state index in [1.54, 1.807) is 7.11 Å². The first-order valence-corrected chi connectivity index (χ1v) is 5.69. The molecule has 0 aromatic heterocycles. The highest BCUT2D eigenvalue weighted by Gasteiger charge is 2.31. The van der Waals surface area contributed by atoms with Gasteiger partial charge in [-0.25, -0.2) is 0 Å². The van der Waals surface area contributed by atoms with E-state index in [9.17, 15) is 4.79 Å². The van der Waals surface area contributed by atoms with Gasteiger partial charge in [0, 0.05) is 26.7 Å². The van der Waals surface area contributed by atoms with Crippen molar-refractivity contribution in [2.75, 3.05) is 39.9 Å². The lowest BCUT2D eigenvalue weighted by molar-refractivity contribution is -0.136. The zero-order valence-electron chi connectivity index (χ0n) is 9.95. The maximum Gasteiger partial charge on any atom is 0.227 e. The molecule has 1 rings (SSSR count). The van der Waals surface area contributed by atoms with Crippen molar-refractivity contribution in [2.45, 2.75) is 13.8 Å². The monoisotopic (exact) mass is 214 g/mol. The molecule has 1 saturated heterocycles. The van der Waals surface area contributed by atoms with Crippen LogP contribution in [0, 0.1) is 11.8 Å². The standard InChI is InChI=1S/C11H22N2O2/c1-4-13(5-6-15-3)11(14)10-8-12-7-9(10)2/h9-10,12H,4-8H2,1-3H3. The van der Waals surface area contributed by atoms with Crippen molar-refractivity contribution in [2.24, 2.45) is 11.8 Å². The number of methoxy groups -OCH3 is 1. The van der Waals surface area contributed by atoms with Crippen molar-refractivity contribution in [3.05, 3.63) is 0 Å². The Morgan fingerprint density at radius 1 is 1.53 bits per heavy atom. The molecule has 88 valence electrons. The van der Waals surface area contributed by atoms with Crippen LogP contribution in [0.4, 0.5) is 0 Å². The molecule has 0 aromatic carbocycles. The Hall–Kier alpha value is -0.610. The lowest BCUT2D eigenvalue weighted by Crippen LogP contribution is -2.40. The summed E-state index contributed by atoms with van der Waals surface area (Å²) < 4.78 is 5.00. The Bertz CT molecular complexity index is 209. The van der Waals surface area contributed by atoms with E-state index in [4.69, 9.17) is 4.74 Å². The van der Waals surface area contributed by atoms with Crippen molar-refractivity contribution in [1.82, 2.24) is 10.2 Å². The van der Waals surface area contributed by atoms with Crippen molar-refractivity contribution in [3.8, 4) is 0 Å². The number of hydrogen-bond donors (Lipinski definition) is 1. The molecule has 1 aliphatic rings. The topological polar surface area (TPSA) is 41.6 Å². The summed E-state index contributed by atoms with van der Waals surface area (Å²) in [5.41, 5.74) is 0. The molecule has 1 N–H and O–H groups in total. The molecule has 0 radical (unpaired) electrons. The van der Waals surface area contributed by atoms with Gasteiger partial charge in [-0.2, -0.15) is 0 Å². The molecule has 1 amide bonds. The van der Waals surface area contributed by atoms with Gasteiger partial charge in [0.2, 0.25) is 5.91 Å². The van der Waals surface area contributed by atoms with Crippen LogP contribution in [0.15, 0.2) is 0 Å². The number of nitrogens with one attached hydrogen (secondary N) is 1. The first-order valence-electron chi connectivity index (χ1n) is 5.69. The summed E-state index contributed by atoms with van der Waals surface area (Å²) in [6.07, 6.45) is 0. The van der Waals surface area contributed by atoms with Crippen LogP contribution in [0.25, 0.3) is 0 Å².